The Hall–Kier alpha value is -5.75. The van der Waals surface area contributed by atoms with E-state index in [1.165, 1.54) is 33.4 Å². The van der Waals surface area contributed by atoms with Gasteiger partial charge in [0.25, 0.3) is 0 Å². The van der Waals surface area contributed by atoms with Crippen molar-refractivity contribution in [2.24, 2.45) is 4.99 Å². The Balaban J connectivity index is 1.10. The van der Waals surface area contributed by atoms with Crippen LogP contribution in [-0.4, -0.2) is 21.9 Å². The van der Waals surface area contributed by atoms with Gasteiger partial charge in [-0.25, -0.2) is 9.98 Å². The van der Waals surface area contributed by atoms with Gasteiger partial charge in [-0.3, -0.25) is 9.88 Å². The molecule has 4 aromatic carbocycles. The molecular weight excluding hydrogens is 689 g/mol. The number of aryl methyl sites for hydroxylation is 1. The molecule has 6 aromatic rings. The summed E-state index contributed by atoms with van der Waals surface area (Å²) in [6.45, 7) is 20.4. The topological polar surface area (TPSA) is 59.8 Å². The van der Waals surface area contributed by atoms with Crippen molar-refractivity contribution < 1.29 is 9.47 Å². The molecule has 0 amide bonds. The Kier molecular flexibility index (Phi) is 8.28. The predicted octanol–water partition coefficient (Wildman–Crippen LogP) is 12.4. The van der Waals surface area contributed by atoms with Gasteiger partial charge in [-0.1, -0.05) is 97.9 Å². The number of fused-ring (bicyclic) bond motifs is 5. The summed E-state index contributed by atoms with van der Waals surface area (Å²) in [6, 6.07) is 36.4. The van der Waals surface area contributed by atoms with Crippen LogP contribution in [0.2, 0.25) is 0 Å². The average molecular weight is 739 g/mol. The first-order valence-electron chi connectivity index (χ1n) is 19.8. The quantitative estimate of drug-likeness (QED) is 0.176. The van der Waals surface area contributed by atoms with Gasteiger partial charge in [-0.15, -0.1) is 0 Å². The first-order chi connectivity index (χ1) is 26.6. The number of pyridine rings is 2. The van der Waals surface area contributed by atoms with E-state index in [1.54, 1.807) is 0 Å². The van der Waals surface area contributed by atoms with Crippen LogP contribution in [0.15, 0.2) is 121 Å². The first kappa shape index (κ1) is 35.9. The van der Waals surface area contributed by atoms with E-state index in [9.17, 15) is 0 Å². The molecule has 0 unspecified atom stereocenters. The van der Waals surface area contributed by atoms with Gasteiger partial charge in [0.05, 0.1) is 23.1 Å². The summed E-state index contributed by atoms with van der Waals surface area (Å²) in [5.74, 6) is 2.99. The van der Waals surface area contributed by atoms with Crippen molar-refractivity contribution in [2.75, 3.05) is 4.90 Å². The van der Waals surface area contributed by atoms with Crippen LogP contribution < -0.4 is 9.64 Å². The van der Waals surface area contributed by atoms with Gasteiger partial charge in [-0.05, 0) is 112 Å². The third-order valence-electron chi connectivity index (χ3n) is 11.7. The molecule has 2 aliphatic heterocycles. The minimum absolute atomic E-state index is 0.0202. The minimum atomic E-state index is -0.233. The monoisotopic (exact) mass is 738 g/mol. The van der Waals surface area contributed by atoms with Gasteiger partial charge >= 0.3 is 0 Å². The summed E-state index contributed by atoms with van der Waals surface area (Å²) in [5.41, 5.74) is 13.5. The Morgan fingerprint density at radius 2 is 1.52 bits per heavy atom. The summed E-state index contributed by atoms with van der Waals surface area (Å²) in [7, 11) is 0. The van der Waals surface area contributed by atoms with Gasteiger partial charge in [0.15, 0.2) is 0 Å². The molecule has 282 valence electrons. The highest BCUT2D eigenvalue weighted by atomic mass is 16.5. The van der Waals surface area contributed by atoms with Crippen LogP contribution in [0.25, 0.3) is 11.3 Å². The molecule has 3 aliphatic rings. The first-order valence-corrected chi connectivity index (χ1v) is 19.8. The third-order valence-corrected chi connectivity index (χ3v) is 11.7. The highest BCUT2D eigenvalue weighted by Gasteiger charge is 2.42. The summed E-state index contributed by atoms with van der Waals surface area (Å²) < 4.78 is 13.6. The second kappa shape index (κ2) is 12.9. The molecule has 0 spiro atoms. The van der Waals surface area contributed by atoms with E-state index < -0.39 is 0 Å². The van der Waals surface area contributed by atoms with Gasteiger partial charge in [0.2, 0.25) is 5.90 Å². The Bertz CT molecular complexity index is 2540. The number of nitrogens with zero attached hydrogens (tertiary/aromatic N) is 4. The third kappa shape index (κ3) is 6.16. The predicted molar refractivity (Wildman–Crippen MR) is 227 cm³/mol. The van der Waals surface area contributed by atoms with Crippen LogP contribution in [0.4, 0.5) is 17.2 Å². The van der Waals surface area contributed by atoms with Crippen molar-refractivity contribution >= 4 is 23.1 Å². The number of benzene rings is 4. The zero-order chi connectivity index (χ0) is 39.1. The number of aliphatic imine (C=N–C) groups is 1. The molecule has 9 rings (SSSR count). The SMILES string of the molecule is Cc1cc(Oc2cc(C3=N[C@@H]4Cc5c(cccc5C(C)(C)C)[C@@H]4O3)cc(-c3ccccn3)c2)cc(N2c3ccc(C(C)(C)C)cc3C(C)(C)c3cccnc32)c1. The van der Waals surface area contributed by atoms with Crippen LogP contribution in [0.5, 0.6) is 11.5 Å². The molecule has 1 aliphatic carbocycles. The van der Waals surface area contributed by atoms with E-state index in [0.717, 1.165) is 51.7 Å². The van der Waals surface area contributed by atoms with Crippen molar-refractivity contribution in [1.82, 2.24) is 9.97 Å². The highest BCUT2D eigenvalue weighted by Crippen LogP contribution is 2.52. The molecule has 0 saturated heterocycles. The Morgan fingerprint density at radius 1 is 0.732 bits per heavy atom. The lowest BCUT2D eigenvalue weighted by atomic mass is 9.72. The molecule has 0 N–H and O–H groups in total. The van der Waals surface area contributed by atoms with Gasteiger partial charge in [-0.2, -0.15) is 0 Å². The van der Waals surface area contributed by atoms with Crippen LogP contribution in [0.3, 0.4) is 0 Å². The van der Waals surface area contributed by atoms with Crippen molar-refractivity contribution in [3.8, 4) is 22.8 Å². The second-order valence-corrected chi connectivity index (χ2v) is 18.3. The molecule has 6 heteroatoms. The molecular formula is C50H50N4O2. The smallest absolute Gasteiger partial charge is 0.217 e. The van der Waals surface area contributed by atoms with Crippen LogP contribution >= 0.6 is 0 Å². The molecule has 2 aromatic heterocycles. The fraction of sp³-hybridized carbons (Fsp3) is 0.300. The lowest BCUT2D eigenvalue weighted by molar-refractivity contribution is 0.209. The number of hydrogen-bond acceptors (Lipinski definition) is 6. The molecule has 0 bridgehead atoms. The van der Waals surface area contributed by atoms with Crippen molar-refractivity contribution in [1.29, 1.82) is 0 Å². The number of hydrogen-bond donors (Lipinski definition) is 0. The molecule has 2 atom stereocenters. The molecule has 56 heavy (non-hydrogen) atoms. The lowest BCUT2D eigenvalue weighted by Gasteiger charge is -2.41. The molecule has 6 nitrogen and oxygen atoms in total. The highest BCUT2D eigenvalue weighted by molar-refractivity contribution is 5.97. The van der Waals surface area contributed by atoms with E-state index in [4.69, 9.17) is 24.4 Å². The number of anilines is 3. The summed E-state index contributed by atoms with van der Waals surface area (Å²) in [4.78, 5) is 17.2. The Morgan fingerprint density at radius 3 is 2.29 bits per heavy atom. The van der Waals surface area contributed by atoms with Crippen LogP contribution in [-0.2, 0) is 27.4 Å². The maximum atomic E-state index is 6.85. The summed E-state index contributed by atoms with van der Waals surface area (Å²) >= 11 is 0. The molecule has 0 radical (unpaired) electrons. The summed E-state index contributed by atoms with van der Waals surface area (Å²) in [6.07, 6.45) is 4.48. The number of rotatable bonds is 5. The molecule has 0 saturated carbocycles. The van der Waals surface area contributed by atoms with E-state index in [1.807, 2.05) is 42.7 Å². The van der Waals surface area contributed by atoms with Gasteiger partial charge in [0.1, 0.15) is 23.4 Å². The van der Waals surface area contributed by atoms with Crippen LogP contribution in [0.1, 0.15) is 106 Å². The van der Waals surface area contributed by atoms with E-state index >= 15 is 0 Å². The van der Waals surface area contributed by atoms with Crippen molar-refractivity contribution in [3.05, 3.63) is 160 Å². The van der Waals surface area contributed by atoms with E-state index in [-0.39, 0.29) is 28.4 Å². The van der Waals surface area contributed by atoms with Crippen LogP contribution in [0, 0.1) is 6.92 Å². The second-order valence-electron chi connectivity index (χ2n) is 18.3. The zero-order valence-electron chi connectivity index (χ0n) is 33.9. The maximum absolute atomic E-state index is 6.85. The van der Waals surface area contributed by atoms with E-state index in [2.05, 4.69) is 140 Å². The Labute approximate surface area is 331 Å². The van der Waals surface area contributed by atoms with Gasteiger partial charge in [0, 0.05) is 40.6 Å². The molecule has 4 heterocycles. The van der Waals surface area contributed by atoms with Crippen molar-refractivity contribution in [3.63, 3.8) is 0 Å². The fourth-order valence-corrected chi connectivity index (χ4v) is 8.82. The van der Waals surface area contributed by atoms with Crippen molar-refractivity contribution in [2.45, 2.75) is 97.1 Å². The molecule has 0 fully saturated rings. The summed E-state index contributed by atoms with van der Waals surface area (Å²) in [5, 5.41) is 0. The zero-order valence-corrected chi connectivity index (χ0v) is 33.9. The maximum Gasteiger partial charge on any atom is 0.217 e. The standard InChI is InChI=1S/C50H50N4O2/c1-30-22-34(54-44-19-18-33(48(2,3)4)27-41(44)50(8,9)40-16-13-21-52-46(40)54)28-35(23-30)55-36-25-31(42-17-10-11-20-51-42)24-32(26-36)47-53-43-29-38-37(45(43)56-47)14-12-15-39(38)49(5,6)7/h10-28,43,45H,29H2,1-9H3/t43-,45+/m1/s1. The number of aromatic nitrogens is 2. The van der Waals surface area contributed by atoms with Gasteiger partial charge < -0.3 is 9.47 Å². The average Bonchev–Trinajstić information content (AvgIpc) is 3.73. The lowest BCUT2D eigenvalue weighted by Crippen LogP contribution is -2.32. The van der Waals surface area contributed by atoms with E-state index in [0.29, 0.717) is 11.6 Å². The normalized spacial score (nSPS) is 18.0. The largest absolute Gasteiger partial charge is 0.467 e. The minimum Gasteiger partial charge on any atom is -0.467 e. The number of ether oxygens (including phenoxy) is 2. The fourth-order valence-electron chi connectivity index (χ4n) is 8.82.